The topological polar surface area (TPSA) is 78.9 Å². The Balaban J connectivity index is 1.75. The van der Waals surface area contributed by atoms with Gasteiger partial charge in [0.2, 0.25) is 0 Å². The quantitative estimate of drug-likeness (QED) is 0.272. The number of imide groups is 1. The van der Waals surface area contributed by atoms with Crippen LogP contribution in [0.2, 0.25) is 0 Å². The lowest BCUT2D eigenvalue weighted by Crippen LogP contribution is -2.48. The average molecular weight is 606 g/mol. The molecule has 1 heterocycles. The molecule has 3 atom stereocenters. The van der Waals surface area contributed by atoms with E-state index in [0.717, 1.165) is 22.3 Å². The number of aromatic hydroxyl groups is 1. The van der Waals surface area contributed by atoms with Crippen molar-refractivity contribution in [1.82, 2.24) is 5.01 Å². The first-order chi connectivity index (χ1) is 17.8. The predicted octanol–water partition coefficient (Wildman–Crippen LogP) is 5.86. The standard InChI is InChI=1S/C30H27IN2O4/c1-4-19-12-15-23-28(35)33(32-22-13-10-18(2)11-14-22)29(36)30(23,21-8-6-5-7-9-21)26(19)20-16-24(31)27(34)25(17-20)37-3/h4-14,16-17,23,26,32,34H,1,15H2,2-3H3/t23-,26+,30+/m0/s1. The van der Waals surface area contributed by atoms with Crippen molar-refractivity contribution in [1.29, 1.82) is 0 Å². The number of methoxy groups -OCH3 is 1. The van der Waals surface area contributed by atoms with Gasteiger partial charge in [-0.3, -0.25) is 15.0 Å². The SMILES string of the molecule is C=CC1=CC[C@H]2C(=O)N(Nc3ccc(C)cc3)C(=O)[C@@]2(c2ccccc2)[C@H]1c1cc(I)c(O)c(OC)c1. The molecule has 2 aliphatic rings. The molecule has 2 amide bonds. The number of amides is 2. The maximum absolute atomic E-state index is 14.6. The van der Waals surface area contributed by atoms with E-state index in [2.05, 4.69) is 34.6 Å². The van der Waals surface area contributed by atoms with E-state index in [9.17, 15) is 14.7 Å². The molecule has 0 spiro atoms. The molecule has 1 fully saturated rings. The molecule has 1 saturated heterocycles. The Bertz CT molecular complexity index is 1420. The number of nitrogens with zero attached hydrogens (tertiary/aromatic N) is 1. The summed E-state index contributed by atoms with van der Waals surface area (Å²) in [6.45, 7) is 6.03. The molecule has 0 saturated carbocycles. The van der Waals surface area contributed by atoms with E-state index in [1.54, 1.807) is 12.1 Å². The zero-order valence-corrected chi connectivity index (χ0v) is 22.7. The van der Waals surface area contributed by atoms with Crippen LogP contribution in [0, 0.1) is 16.4 Å². The van der Waals surface area contributed by atoms with Crippen LogP contribution in [0.15, 0.2) is 91.0 Å². The van der Waals surface area contributed by atoms with E-state index in [4.69, 9.17) is 4.74 Å². The van der Waals surface area contributed by atoms with E-state index >= 15 is 0 Å². The Labute approximate surface area is 229 Å². The Morgan fingerprint density at radius 1 is 1.14 bits per heavy atom. The molecule has 0 unspecified atom stereocenters. The summed E-state index contributed by atoms with van der Waals surface area (Å²) >= 11 is 2.05. The van der Waals surface area contributed by atoms with Gasteiger partial charge in [-0.25, -0.2) is 0 Å². The number of hydrogen-bond acceptors (Lipinski definition) is 5. The highest BCUT2D eigenvalue weighted by Gasteiger charge is 2.65. The van der Waals surface area contributed by atoms with Gasteiger partial charge in [-0.1, -0.05) is 66.8 Å². The lowest BCUT2D eigenvalue weighted by molar-refractivity contribution is -0.138. The van der Waals surface area contributed by atoms with Gasteiger partial charge in [-0.05, 0) is 76.9 Å². The molecule has 0 radical (unpaired) electrons. The van der Waals surface area contributed by atoms with Crippen molar-refractivity contribution in [3.8, 4) is 11.5 Å². The van der Waals surface area contributed by atoms with Crippen molar-refractivity contribution in [3.63, 3.8) is 0 Å². The average Bonchev–Trinajstić information content (AvgIpc) is 3.13. The Hall–Kier alpha value is -3.59. The number of allylic oxidation sites excluding steroid dienone is 3. The van der Waals surface area contributed by atoms with Crippen molar-refractivity contribution in [2.75, 3.05) is 12.5 Å². The second kappa shape index (κ2) is 9.70. The zero-order chi connectivity index (χ0) is 26.3. The largest absolute Gasteiger partial charge is 0.504 e. The fourth-order valence-electron chi connectivity index (χ4n) is 5.67. The molecule has 5 rings (SSSR count). The van der Waals surface area contributed by atoms with Crippen LogP contribution in [0.4, 0.5) is 5.69 Å². The fourth-order valence-corrected chi connectivity index (χ4v) is 6.30. The molecule has 6 nitrogen and oxygen atoms in total. The fraction of sp³-hybridized carbons (Fsp3) is 0.200. The number of phenols is 1. The number of nitrogens with one attached hydrogen (secondary N) is 1. The van der Waals surface area contributed by atoms with Gasteiger partial charge in [0.1, 0.15) is 0 Å². The van der Waals surface area contributed by atoms with Gasteiger partial charge in [-0.15, -0.1) is 0 Å². The number of halogens is 1. The molecule has 0 aromatic heterocycles. The number of rotatable bonds is 6. The monoisotopic (exact) mass is 606 g/mol. The van der Waals surface area contributed by atoms with Crippen molar-refractivity contribution in [3.05, 3.63) is 111 Å². The minimum absolute atomic E-state index is 0.0357. The lowest BCUT2D eigenvalue weighted by Gasteiger charge is -2.43. The summed E-state index contributed by atoms with van der Waals surface area (Å²) in [6, 6.07) is 20.7. The van der Waals surface area contributed by atoms with Crippen LogP contribution in [0.3, 0.4) is 0 Å². The number of benzene rings is 3. The second-order valence-corrected chi connectivity index (χ2v) is 10.5. The van der Waals surface area contributed by atoms with Gasteiger partial charge < -0.3 is 9.84 Å². The first kappa shape index (κ1) is 25.1. The maximum Gasteiger partial charge on any atom is 0.260 e. The van der Waals surface area contributed by atoms with Crippen LogP contribution in [0.25, 0.3) is 0 Å². The van der Waals surface area contributed by atoms with Crippen LogP contribution in [-0.2, 0) is 15.0 Å². The number of aryl methyl sites for hydroxylation is 1. The minimum Gasteiger partial charge on any atom is -0.504 e. The van der Waals surface area contributed by atoms with Crippen molar-refractivity contribution in [2.24, 2.45) is 5.92 Å². The summed E-state index contributed by atoms with van der Waals surface area (Å²) in [6.07, 6.45) is 4.15. The third kappa shape index (κ3) is 3.92. The lowest BCUT2D eigenvalue weighted by atomic mass is 9.56. The second-order valence-electron chi connectivity index (χ2n) is 9.37. The molecule has 3 aromatic rings. The first-order valence-corrected chi connectivity index (χ1v) is 13.1. The predicted molar refractivity (Wildman–Crippen MR) is 151 cm³/mol. The maximum atomic E-state index is 14.6. The van der Waals surface area contributed by atoms with Crippen molar-refractivity contribution >= 4 is 40.1 Å². The highest BCUT2D eigenvalue weighted by Crippen LogP contribution is 2.58. The van der Waals surface area contributed by atoms with Gasteiger partial charge in [0, 0.05) is 5.92 Å². The summed E-state index contributed by atoms with van der Waals surface area (Å²) in [7, 11) is 1.49. The van der Waals surface area contributed by atoms with Gasteiger partial charge in [0.15, 0.2) is 11.5 Å². The van der Waals surface area contributed by atoms with Crippen LogP contribution >= 0.6 is 22.6 Å². The number of ether oxygens (including phenoxy) is 1. The van der Waals surface area contributed by atoms with Crippen molar-refractivity contribution in [2.45, 2.75) is 24.7 Å². The van der Waals surface area contributed by atoms with Gasteiger partial charge in [-0.2, -0.15) is 5.01 Å². The normalized spacial score (nSPS) is 22.9. The smallest absolute Gasteiger partial charge is 0.260 e. The van der Waals surface area contributed by atoms with Gasteiger partial charge >= 0.3 is 0 Å². The summed E-state index contributed by atoms with van der Waals surface area (Å²) in [4.78, 5) is 28.5. The van der Waals surface area contributed by atoms with Crippen molar-refractivity contribution < 1.29 is 19.4 Å². The minimum atomic E-state index is -1.22. The molecule has 1 aliphatic carbocycles. The number of fused-ring (bicyclic) bond motifs is 1. The van der Waals surface area contributed by atoms with E-state index in [-0.39, 0.29) is 17.6 Å². The molecule has 2 N–H and O–H groups in total. The van der Waals surface area contributed by atoms with E-state index in [1.165, 1.54) is 12.1 Å². The number of carbonyl (C=O) groups excluding carboxylic acids is 2. The third-order valence-electron chi connectivity index (χ3n) is 7.39. The van der Waals surface area contributed by atoms with Crippen LogP contribution in [0.5, 0.6) is 11.5 Å². The first-order valence-electron chi connectivity index (χ1n) is 12.0. The molecule has 37 heavy (non-hydrogen) atoms. The van der Waals surface area contributed by atoms with Gasteiger partial charge in [0.25, 0.3) is 11.8 Å². The number of hydrogen-bond donors (Lipinski definition) is 2. The summed E-state index contributed by atoms with van der Waals surface area (Å²) in [5, 5.41) is 11.7. The van der Waals surface area contributed by atoms with Crippen LogP contribution < -0.4 is 10.2 Å². The Kier molecular flexibility index (Phi) is 6.58. The highest BCUT2D eigenvalue weighted by atomic mass is 127. The van der Waals surface area contributed by atoms with Crippen LogP contribution in [0.1, 0.15) is 29.0 Å². The van der Waals surface area contributed by atoms with E-state index in [1.807, 2.05) is 73.7 Å². The number of carbonyl (C=O) groups is 2. The molecule has 1 aliphatic heterocycles. The Morgan fingerprint density at radius 2 is 1.84 bits per heavy atom. The van der Waals surface area contributed by atoms with Crippen LogP contribution in [-0.4, -0.2) is 29.0 Å². The molecule has 188 valence electrons. The summed E-state index contributed by atoms with van der Waals surface area (Å²) < 4.78 is 6.05. The number of hydrazine groups is 1. The van der Waals surface area contributed by atoms with E-state index < -0.39 is 17.3 Å². The number of phenolic OH excluding ortho intramolecular Hbond substituents is 1. The molecular formula is C30H27IN2O4. The highest BCUT2D eigenvalue weighted by molar-refractivity contribution is 14.1. The van der Waals surface area contributed by atoms with E-state index in [0.29, 0.717) is 21.4 Å². The summed E-state index contributed by atoms with van der Waals surface area (Å²) in [5.41, 5.74) is 5.96. The Morgan fingerprint density at radius 3 is 2.49 bits per heavy atom. The van der Waals surface area contributed by atoms with Gasteiger partial charge in [0.05, 0.1) is 27.7 Å². The molecule has 7 heteroatoms. The third-order valence-corrected chi connectivity index (χ3v) is 8.21. The zero-order valence-electron chi connectivity index (χ0n) is 20.6. The molecule has 0 bridgehead atoms. The molecular weight excluding hydrogens is 579 g/mol. The summed E-state index contributed by atoms with van der Waals surface area (Å²) in [5.74, 6) is -1.43. The molecule has 3 aromatic carbocycles. The number of anilines is 1.